The lowest BCUT2D eigenvalue weighted by atomic mass is 10.1. The van der Waals surface area contributed by atoms with E-state index < -0.39 is 6.10 Å². The minimum absolute atomic E-state index is 0.0539. The SMILES string of the molecule is CCc1ccc(O[C@@H](CC)C(=O)NCCCc2ccc(OC)cc2)cc1. The zero-order valence-corrected chi connectivity index (χ0v) is 16.0. The van der Waals surface area contributed by atoms with Crippen LogP contribution in [0.5, 0.6) is 11.5 Å². The van der Waals surface area contributed by atoms with Crippen molar-refractivity contribution in [2.45, 2.75) is 45.6 Å². The van der Waals surface area contributed by atoms with E-state index in [4.69, 9.17) is 9.47 Å². The van der Waals surface area contributed by atoms with Crippen LogP contribution in [0.25, 0.3) is 0 Å². The number of carbonyl (C=O) groups is 1. The van der Waals surface area contributed by atoms with Gasteiger partial charge in [-0.25, -0.2) is 0 Å². The molecular weight excluding hydrogens is 326 g/mol. The summed E-state index contributed by atoms with van der Waals surface area (Å²) in [5, 5.41) is 2.98. The van der Waals surface area contributed by atoms with Gasteiger partial charge in [0.05, 0.1) is 7.11 Å². The van der Waals surface area contributed by atoms with Gasteiger partial charge in [0.2, 0.25) is 0 Å². The van der Waals surface area contributed by atoms with Crippen molar-refractivity contribution in [2.75, 3.05) is 13.7 Å². The molecular formula is C22H29NO3. The second-order valence-electron chi connectivity index (χ2n) is 6.25. The van der Waals surface area contributed by atoms with Crippen molar-refractivity contribution < 1.29 is 14.3 Å². The molecule has 1 N–H and O–H groups in total. The summed E-state index contributed by atoms with van der Waals surface area (Å²) in [6.07, 6.45) is 2.98. The third kappa shape index (κ3) is 6.10. The smallest absolute Gasteiger partial charge is 0.261 e. The van der Waals surface area contributed by atoms with Crippen LogP contribution >= 0.6 is 0 Å². The van der Waals surface area contributed by atoms with Crippen molar-refractivity contribution in [3.8, 4) is 11.5 Å². The molecule has 2 aromatic rings. The summed E-state index contributed by atoms with van der Waals surface area (Å²) < 4.78 is 11.0. The third-order valence-corrected chi connectivity index (χ3v) is 4.37. The maximum atomic E-state index is 12.3. The number of amides is 1. The largest absolute Gasteiger partial charge is 0.497 e. The summed E-state index contributed by atoms with van der Waals surface area (Å²) >= 11 is 0. The summed E-state index contributed by atoms with van der Waals surface area (Å²) in [5.41, 5.74) is 2.49. The van der Waals surface area contributed by atoms with E-state index in [1.807, 2.05) is 43.3 Å². The lowest BCUT2D eigenvalue weighted by Gasteiger charge is -2.17. The van der Waals surface area contributed by atoms with Gasteiger partial charge in [0.25, 0.3) is 5.91 Å². The predicted octanol–water partition coefficient (Wildman–Crippen LogP) is 4.16. The highest BCUT2D eigenvalue weighted by Crippen LogP contribution is 2.16. The first-order valence-electron chi connectivity index (χ1n) is 9.32. The number of hydrogen-bond donors (Lipinski definition) is 1. The summed E-state index contributed by atoms with van der Waals surface area (Å²) in [7, 11) is 1.66. The van der Waals surface area contributed by atoms with E-state index in [1.54, 1.807) is 7.11 Å². The first kappa shape index (κ1) is 19.8. The first-order chi connectivity index (χ1) is 12.7. The Labute approximate surface area is 156 Å². The van der Waals surface area contributed by atoms with Crippen molar-refractivity contribution in [2.24, 2.45) is 0 Å². The molecule has 0 radical (unpaired) electrons. The quantitative estimate of drug-likeness (QED) is 0.651. The van der Waals surface area contributed by atoms with Gasteiger partial charge in [-0.3, -0.25) is 4.79 Å². The Balaban J connectivity index is 1.75. The molecule has 1 atom stereocenters. The monoisotopic (exact) mass is 355 g/mol. The number of aryl methyl sites for hydroxylation is 2. The number of nitrogens with one attached hydrogen (secondary N) is 1. The predicted molar refractivity (Wildman–Crippen MR) is 105 cm³/mol. The van der Waals surface area contributed by atoms with Crippen molar-refractivity contribution in [1.29, 1.82) is 0 Å². The zero-order chi connectivity index (χ0) is 18.8. The zero-order valence-electron chi connectivity index (χ0n) is 16.0. The molecule has 4 nitrogen and oxygen atoms in total. The molecule has 0 fully saturated rings. The molecule has 0 saturated carbocycles. The van der Waals surface area contributed by atoms with E-state index in [9.17, 15) is 4.79 Å². The van der Waals surface area contributed by atoms with Crippen LogP contribution in [0.1, 0.15) is 37.8 Å². The number of rotatable bonds is 10. The standard InChI is InChI=1S/C22H29NO3/c1-4-17-8-14-20(15-9-17)26-21(5-2)22(24)23-16-6-7-18-10-12-19(25-3)13-11-18/h8-15,21H,4-7,16H2,1-3H3,(H,23,24)/t21-/m0/s1. The Bertz CT molecular complexity index is 665. The van der Waals surface area contributed by atoms with E-state index in [1.165, 1.54) is 11.1 Å². The van der Waals surface area contributed by atoms with Crippen molar-refractivity contribution in [3.63, 3.8) is 0 Å². The Hall–Kier alpha value is -2.49. The van der Waals surface area contributed by atoms with Crippen LogP contribution in [0.2, 0.25) is 0 Å². The minimum atomic E-state index is -0.455. The van der Waals surface area contributed by atoms with Crippen LogP contribution in [0.3, 0.4) is 0 Å². The maximum Gasteiger partial charge on any atom is 0.261 e. The molecule has 2 aromatic carbocycles. The Morgan fingerprint density at radius 1 is 0.962 bits per heavy atom. The molecule has 0 aromatic heterocycles. The van der Waals surface area contributed by atoms with Crippen molar-refractivity contribution in [1.82, 2.24) is 5.32 Å². The number of hydrogen-bond acceptors (Lipinski definition) is 3. The number of ether oxygens (including phenoxy) is 2. The topological polar surface area (TPSA) is 47.6 Å². The van der Waals surface area contributed by atoms with Crippen LogP contribution in [0.15, 0.2) is 48.5 Å². The molecule has 1 amide bonds. The van der Waals surface area contributed by atoms with Gasteiger partial charge in [0.15, 0.2) is 6.10 Å². The number of carbonyl (C=O) groups excluding carboxylic acids is 1. The Morgan fingerprint density at radius 3 is 2.15 bits per heavy atom. The van der Waals surface area contributed by atoms with Gasteiger partial charge in [-0.05, 0) is 61.1 Å². The van der Waals surface area contributed by atoms with E-state index in [0.717, 1.165) is 30.8 Å². The van der Waals surface area contributed by atoms with Gasteiger partial charge in [0.1, 0.15) is 11.5 Å². The summed E-state index contributed by atoms with van der Waals surface area (Å²) in [5.74, 6) is 1.54. The average molecular weight is 355 g/mol. The van der Waals surface area contributed by atoms with Crippen LogP contribution < -0.4 is 14.8 Å². The second-order valence-corrected chi connectivity index (χ2v) is 6.25. The normalized spacial score (nSPS) is 11.7. The Morgan fingerprint density at radius 2 is 1.58 bits per heavy atom. The lowest BCUT2D eigenvalue weighted by Crippen LogP contribution is -2.38. The first-order valence-corrected chi connectivity index (χ1v) is 9.32. The van der Waals surface area contributed by atoms with Gasteiger partial charge in [-0.1, -0.05) is 38.1 Å². The van der Waals surface area contributed by atoms with Crippen LogP contribution in [0.4, 0.5) is 0 Å². The van der Waals surface area contributed by atoms with E-state index >= 15 is 0 Å². The van der Waals surface area contributed by atoms with E-state index in [2.05, 4.69) is 24.4 Å². The van der Waals surface area contributed by atoms with Gasteiger partial charge in [0, 0.05) is 6.54 Å². The molecule has 140 valence electrons. The molecule has 0 aliphatic heterocycles. The lowest BCUT2D eigenvalue weighted by molar-refractivity contribution is -0.128. The fraction of sp³-hybridized carbons (Fsp3) is 0.409. The molecule has 0 heterocycles. The fourth-order valence-corrected chi connectivity index (χ4v) is 2.70. The van der Waals surface area contributed by atoms with Crippen LogP contribution in [0, 0.1) is 0 Å². The minimum Gasteiger partial charge on any atom is -0.497 e. The van der Waals surface area contributed by atoms with E-state index in [0.29, 0.717) is 13.0 Å². The average Bonchev–Trinajstić information content (AvgIpc) is 2.70. The Kier molecular flexibility index (Phi) is 8.00. The van der Waals surface area contributed by atoms with Crippen molar-refractivity contribution in [3.05, 3.63) is 59.7 Å². The highest BCUT2D eigenvalue weighted by molar-refractivity contribution is 5.81. The van der Waals surface area contributed by atoms with E-state index in [-0.39, 0.29) is 5.91 Å². The van der Waals surface area contributed by atoms with Crippen LogP contribution in [-0.2, 0) is 17.6 Å². The molecule has 0 aliphatic rings. The maximum absolute atomic E-state index is 12.3. The highest BCUT2D eigenvalue weighted by Gasteiger charge is 2.17. The number of methoxy groups -OCH3 is 1. The highest BCUT2D eigenvalue weighted by atomic mass is 16.5. The summed E-state index contributed by atoms with van der Waals surface area (Å²) in [6, 6.07) is 16.0. The molecule has 4 heteroatoms. The van der Waals surface area contributed by atoms with Crippen molar-refractivity contribution >= 4 is 5.91 Å². The van der Waals surface area contributed by atoms with Gasteiger partial charge < -0.3 is 14.8 Å². The molecule has 0 spiro atoms. The summed E-state index contributed by atoms with van der Waals surface area (Å²) in [4.78, 5) is 12.3. The molecule has 0 aliphatic carbocycles. The van der Waals surface area contributed by atoms with Gasteiger partial charge in [-0.2, -0.15) is 0 Å². The third-order valence-electron chi connectivity index (χ3n) is 4.37. The molecule has 0 bridgehead atoms. The van der Waals surface area contributed by atoms with Gasteiger partial charge in [-0.15, -0.1) is 0 Å². The second kappa shape index (κ2) is 10.5. The summed E-state index contributed by atoms with van der Waals surface area (Å²) in [6.45, 7) is 4.71. The molecule has 26 heavy (non-hydrogen) atoms. The van der Waals surface area contributed by atoms with Gasteiger partial charge >= 0.3 is 0 Å². The fourth-order valence-electron chi connectivity index (χ4n) is 2.70. The number of benzene rings is 2. The molecule has 2 rings (SSSR count). The molecule has 0 unspecified atom stereocenters. The molecule has 0 saturated heterocycles. The van der Waals surface area contributed by atoms with Crippen LogP contribution in [-0.4, -0.2) is 25.7 Å².